The molecule has 4 aromatic rings. The summed E-state index contributed by atoms with van der Waals surface area (Å²) in [6.45, 7) is 9.31. The number of anilines is 1. The Hall–Kier alpha value is -2.55. The Balaban J connectivity index is 1.53. The molecule has 0 saturated carbocycles. The number of carbonyl (C=O) groups is 1. The van der Waals surface area contributed by atoms with Crippen LogP contribution in [0.3, 0.4) is 0 Å². The molecule has 0 aliphatic carbocycles. The van der Waals surface area contributed by atoms with Crippen LogP contribution in [0.5, 0.6) is 0 Å². The van der Waals surface area contributed by atoms with Crippen LogP contribution in [0.1, 0.15) is 44.5 Å². The van der Waals surface area contributed by atoms with Gasteiger partial charge in [-0.15, -0.1) is 11.3 Å². The minimum atomic E-state index is -0.232. The highest BCUT2D eigenvalue weighted by molar-refractivity contribution is 8.00. The topological polar surface area (TPSA) is 68.2 Å². The summed E-state index contributed by atoms with van der Waals surface area (Å²) in [4.78, 5) is 29.9. The predicted octanol–water partition coefficient (Wildman–Crippen LogP) is 6.04. The van der Waals surface area contributed by atoms with Crippen LogP contribution in [0.25, 0.3) is 20.4 Å². The molecule has 35 heavy (non-hydrogen) atoms. The largest absolute Gasteiger partial charge is 0.370 e. The van der Waals surface area contributed by atoms with Gasteiger partial charge in [-0.05, 0) is 43.9 Å². The van der Waals surface area contributed by atoms with Crippen LogP contribution in [0.15, 0.2) is 41.7 Å². The number of thioether (sulfide) groups is 1. The Morgan fingerprint density at radius 3 is 2.71 bits per heavy atom. The number of rotatable bonds is 6. The molecule has 1 aromatic carbocycles. The maximum Gasteiger partial charge on any atom is 0.237 e. The summed E-state index contributed by atoms with van der Waals surface area (Å²) in [5.41, 5.74) is 5.24. The van der Waals surface area contributed by atoms with Crippen LogP contribution < -0.4 is 4.90 Å². The van der Waals surface area contributed by atoms with Crippen molar-refractivity contribution in [3.05, 3.63) is 53.5 Å². The van der Waals surface area contributed by atoms with Crippen molar-refractivity contribution in [1.29, 1.82) is 0 Å². The number of hydrogen-bond donors (Lipinski definition) is 0. The predicted molar refractivity (Wildman–Crippen MR) is 144 cm³/mol. The summed E-state index contributed by atoms with van der Waals surface area (Å²) < 4.78 is 7.19. The number of thiophene rings is 1. The molecule has 0 spiro atoms. The molecule has 0 bridgehead atoms. The number of ether oxygens (including phenoxy) is 1. The standard InChI is InChI=1S/C27H30N4O2S2/c1-16(2)11-20-19-13-33-27(3,4)12-18(19)22-23-24(35-25(22)30-20)26(29-15-28-23)34-14-21(32)31(5)17-9-7-6-8-10-17/h6-10,15-16H,11-14H2,1-5H3. The first-order valence-corrected chi connectivity index (χ1v) is 13.7. The lowest BCUT2D eigenvalue weighted by atomic mass is 9.88. The molecule has 4 heterocycles. The van der Waals surface area contributed by atoms with E-state index in [2.05, 4.69) is 32.7 Å². The molecule has 0 saturated heterocycles. The van der Waals surface area contributed by atoms with E-state index in [1.54, 1.807) is 22.6 Å². The van der Waals surface area contributed by atoms with Gasteiger partial charge in [-0.3, -0.25) is 4.79 Å². The molecule has 1 aliphatic heterocycles. The SMILES string of the molecule is CC(C)Cc1nc2sc3c(SCC(=O)N(C)c4ccccc4)ncnc3c2c2c1COC(C)(C)C2. The molecule has 0 atom stereocenters. The second-order valence-corrected chi connectivity index (χ2v) is 12.0. The van der Waals surface area contributed by atoms with E-state index in [0.717, 1.165) is 49.7 Å². The molecule has 182 valence electrons. The summed E-state index contributed by atoms with van der Waals surface area (Å²) in [6, 6.07) is 9.69. The summed E-state index contributed by atoms with van der Waals surface area (Å²) in [6.07, 6.45) is 3.36. The van der Waals surface area contributed by atoms with Crippen LogP contribution in [0, 0.1) is 5.92 Å². The van der Waals surface area contributed by atoms with Gasteiger partial charge >= 0.3 is 0 Å². The molecule has 8 heteroatoms. The van der Waals surface area contributed by atoms with Crippen molar-refractivity contribution in [2.45, 2.75) is 57.8 Å². The van der Waals surface area contributed by atoms with Gasteiger partial charge in [0, 0.05) is 35.8 Å². The Labute approximate surface area is 214 Å². The number of para-hydroxylation sites is 1. The van der Waals surface area contributed by atoms with E-state index in [1.807, 2.05) is 37.4 Å². The lowest BCUT2D eigenvalue weighted by Gasteiger charge is -2.33. The Morgan fingerprint density at radius 2 is 1.97 bits per heavy atom. The monoisotopic (exact) mass is 506 g/mol. The molecular formula is C27H30N4O2S2. The molecule has 5 rings (SSSR count). The van der Waals surface area contributed by atoms with Crippen molar-refractivity contribution < 1.29 is 9.53 Å². The highest BCUT2D eigenvalue weighted by Gasteiger charge is 2.32. The van der Waals surface area contributed by atoms with Crippen LogP contribution >= 0.6 is 23.1 Å². The third kappa shape index (κ3) is 4.79. The average molecular weight is 507 g/mol. The maximum atomic E-state index is 12.9. The van der Waals surface area contributed by atoms with E-state index in [9.17, 15) is 4.79 Å². The van der Waals surface area contributed by atoms with Crippen LogP contribution in [0.2, 0.25) is 0 Å². The van der Waals surface area contributed by atoms with Crippen LogP contribution in [-0.4, -0.2) is 39.3 Å². The smallest absolute Gasteiger partial charge is 0.237 e. The van der Waals surface area contributed by atoms with E-state index in [0.29, 0.717) is 18.3 Å². The van der Waals surface area contributed by atoms with Gasteiger partial charge in [0.25, 0.3) is 0 Å². The summed E-state index contributed by atoms with van der Waals surface area (Å²) >= 11 is 3.10. The van der Waals surface area contributed by atoms with E-state index in [1.165, 1.54) is 22.9 Å². The average Bonchev–Trinajstić information content (AvgIpc) is 3.20. The number of pyridine rings is 1. The fraction of sp³-hybridized carbons (Fsp3) is 0.407. The number of fused-ring (bicyclic) bond motifs is 5. The summed E-state index contributed by atoms with van der Waals surface area (Å²) in [5.74, 6) is 0.839. The van der Waals surface area contributed by atoms with Gasteiger partial charge in [0.1, 0.15) is 16.2 Å². The maximum absolute atomic E-state index is 12.9. The molecule has 0 unspecified atom stereocenters. The lowest BCUT2D eigenvalue weighted by molar-refractivity contribution is -0.115. The first kappa shape index (κ1) is 24.2. The molecule has 3 aromatic heterocycles. The lowest BCUT2D eigenvalue weighted by Crippen LogP contribution is -2.33. The van der Waals surface area contributed by atoms with Crippen molar-refractivity contribution in [1.82, 2.24) is 15.0 Å². The Kier molecular flexibility index (Phi) is 6.55. The molecule has 6 nitrogen and oxygen atoms in total. The summed E-state index contributed by atoms with van der Waals surface area (Å²) in [5, 5.41) is 1.96. The summed E-state index contributed by atoms with van der Waals surface area (Å²) in [7, 11) is 1.81. The van der Waals surface area contributed by atoms with Crippen molar-refractivity contribution in [3.8, 4) is 0 Å². The quantitative estimate of drug-likeness (QED) is 0.234. The van der Waals surface area contributed by atoms with Gasteiger partial charge in [-0.1, -0.05) is 43.8 Å². The molecule has 0 radical (unpaired) electrons. The van der Waals surface area contributed by atoms with Crippen LogP contribution in [0.4, 0.5) is 5.69 Å². The van der Waals surface area contributed by atoms with Crippen molar-refractivity contribution in [2.75, 3.05) is 17.7 Å². The van der Waals surface area contributed by atoms with E-state index < -0.39 is 0 Å². The van der Waals surface area contributed by atoms with Crippen LogP contribution in [-0.2, 0) is 29.0 Å². The highest BCUT2D eigenvalue weighted by atomic mass is 32.2. The van der Waals surface area contributed by atoms with Gasteiger partial charge in [0.2, 0.25) is 5.91 Å². The first-order chi connectivity index (χ1) is 16.7. The number of carbonyl (C=O) groups excluding carboxylic acids is 1. The van der Waals surface area contributed by atoms with Gasteiger partial charge in [-0.25, -0.2) is 15.0 Å². The fourth-order valence-corrected chi connectivity index (χ4v) is 6.70. The number of benzene rings is 1. The van der Waals surface area contributed by atoms with Gasteiger partial charge < -0.3 is 9.64 Å². The number of aromatic nitrogens is 3. The molecule has 0 N–H and O–H groups in total. The minimum Gasteiger partial charge on any atom is -0.370 e. The number of amides is 1. The van der Waals surface area contributed by atoms with Crippen molar-refractivity contribution in [3.63, 3.8) is 0 Å². The minimum absolute atomic E-state index is 0.0303. The zero-order valence-corrected chi connectivity index (χ0v) is 22.4. The normalized spacial score (nSPS) is 15.0. The first-order valence-electron chi connectivity index (χ1n) is 11.9. The van der Waals surface area contributed by atoms with Crippen molar-refractivity contribution in [2.24, 2.45) is 5.92 Å². The van der Waals surface area contributed by atoms with Gasteiger partial charge in [-0.2, -0.15) is 0 Å². The fourth-order valence-electron chi connectivity index (χ4n) is 4.53. The third-order valence-corrected chi connectivity index (χ3v) is 8.52. The Morgan fingerprint density at radius 1 is 1.20 bits per heavy atom. The highest BCUT2D eigenvalue weighted by Crippen LogP contribution is 2.43. The molecule has 1 amide bonds. The van der Waals surface area contributed by atoms with E-state index in [-0.39, 0.29) is 11.5 Å². The van der Waals surface area contributed by atoms with Gasteiger partial charge in [0.05, 0.1) is 28.2 Å². The molecule has 1 aliphatic rings. The molecule has 0 fully saturated rings. The number of nitrogens with zero attached hydrogens (tertiary/aromatic N) is 4. The second kappa shape index (κ2) is 9.48. The zero-order valence-electron chi connectivity index (χ0n) is 20.8. The van der Waals surface area contributed by atoms with E-state index >= 15 is 0 Å². The number of hydrogen-bond acceptors (Lipinski definition) is 7. The van der Waals surface area contributed by atoms with Crippen molar-refractivity contribution >= 4 is 55.1 Å². The van der Waals surface area contributed by atoms with Gasteiger partial charge in [0.15, 0.2) is 0 Å². The third-order valence-electron chi connectivity index (χ3n) is 6.33. The second-order valence-electron chi connectivity index (χ2n) is 10.1. The van der Waals surface area contributed by atoms with E-state index in [4.69, 9.17) is 14.7 Å². The Bertz CT molecular complexity index is 1400. The zero-order chi connectivity index (χ0) is 24.7. The molecular weight excluding hydrogens is 476 g/mol.